The number of aromatic nitrogens is 2. The minimum Gasteiger partial charge on any atom is -0.268 e. The zero-order chi connectivity index (χ0) is 28.4. The molecule has 2 heterocycles. The number of aryl methyl sites for hydroxylation is 1. The highest BCUT2D eigenvalue weighted by atomic mass is 16.1. The number of rotatable bonds is 3. The zero-order valence-electron chi connectivity index (χ0n) is 22.8. The third-order valence-corrected chi connectivity index (χ3v) is 8.31. The molecule has 0 fully saturated rings. The molecule has 4 heteroatoms. The van der Waals surface area contributed by atoms with Gasteiger partial charge in [-0.25, -0.2) is 9.83 Å². The molecule has 0 unspecified atom stereocenters. The molecule has 0 aliphatic carbocycles. The van der Waals surface area contributed by atoms with E-state index in [0.29, 0.717) is 16.7 Å². The van der Waals surface area contributed by atoms with E-state index in [1.54, 1.807) is 16.5 Å². The van der Waals surface area contributed by atoms with Gasteiger partial charge in [0, 0.05) is 16.3 Å². The van der Waals surface area contributed by atoms with E-state index < -0.39 is 0 Å². The van der Waals surface area contributed by atoms with Crippen LogP contribution in [0.15, 0.2) is 126 Å². The maximum atomic E-state index is 14.5. The van der Waals surface area contributed by atoms with Crippen molar-refractivity contribution in [1.29, 1.82) is 0 Å². The van der Waals surface area contributed by atoms with Crippen molar-refractivity contribution in [1.82, 2.24) is 9.38 Å². The maximum absolute atomic E-state index is 14.5. The average molecular weight is 538 g/mol. The van der Waals surface area contributed by atoms with Crippen LogP contribution in [-0.2, 0) is 0 Å². The van der Waals surface area contributed by atoms with Gasteiger partial charge in [0.1, 0.15) is 5.65 Å². The van der Waals surface area contributed by atoms with Crippen molar-refractivity contribution in [2.45, 2.75) is 6.92 Å². The summed E-state index contributed by atoms with van der Waals surface area (Å²) in [5.41, 5.74) is 9.77. The molecule has 8 aromatic rings. The van der Waals surface area contributed by atoms with E-state index in [0.717, 1.165) is 66.1 Å². The fourth-order valence-electron chi connectivity index (χ4n) is 6.38. The Morgan fingerprint density at radius 1 is 0.643 bits per heavy atom. The van der Waals surface area contributed by atoms with Crippen LogP contribution < -0.4 is 5.56 Å². The molecule has 0 amide bonds. The van der Waals surface area contributed by atoms with Crippen LogP contribution in [0.25, 0.3) is 76.5 Å². The molecule has 0 spiro atoms. The van der Waals surface area contributed by atoms with Gasteiger partial charge in [0.25, 0.3) is 5.56 Å². The van der Waals surface area contributed by atoms with Gasteiger partial charge in [-0.2, -0.15) is 0 Å². The Labute approximate surface area is 241 Å². The Bertz CT molecular complexity index is 2440. The van der Waals surface area contributed by atoms with Gasteiger partial charge in [-0.05, 0) is 63.2 Å². The van der Waals surface area contributed by atoms with Crippen LogP contribution in [0.4, 0.5) is 5.69 Å². The van der Waals surface area contributed by atoms with Gasteiger partial charge in [0.05, 0.1) is 17.6 Å². The Hall–Kier alpha value is -5.79. The quantitative estimate of drug-likeness (QED) is 0.211. The van der Waals surface area contributed by atoms with Gasteiger partial charge in [0.15, 0.2) is 5.69 Å². The number of fused-ring (bicyclic) bond motifs is 4. The Morgan fingerprint density at radius 3 is 2.07 bits per heavy atom. The van der Waals surface area contributed by atoms with Gasteiger partial charge >= 0.3 is 0 Å². The minimum atomic E-state index is -0.131. The average Bonchev–Trinajstić information content (AvgIpc) is 3.44. The molecule has 0 saturated carbocycles. The number of hydrogen-bond donors (Lipinski definition) is 0. The maximum Gasteiger partial charge on any atom is 0.264 e. The second kappa shape index (κ2) is 9.12. The van der Waals surface area contributed by atoms with Crippen molar-refractivity contribution in [2.24, 2.45) is 0 Å². The second-order valence-electron chi connectivity index (χ2n) is 10.7. The van der Waals surface area contributed by atoms with Crippen LogP contribution in [0.2, 0.25) is 0 Å². The number of imidazole rings is 1. The molecule has 0 bridgehead atoms. The van der Waals surface area contributed by atoms with Gasteiger partial charge in [0.2, 0.25) is 0 Å². The van der Waals surface area contributed by atoms with Crippen molar-refractivity contribution in [3.63, 3.8) is 0 Å². The van der Waals surface area contributed by atoms with E-state index in [1.807, 2.05) is 48.5 Å². The van der Waals surface area contributed by atoms with E-state index in [1.165, 1.54) is 0 Å². The molecule has 8 rings (SSSR count). The molecule has 196 valence electrons. The van der Waals surface area contributed by atoms with Crippen LogP contribution in [0.1, 0.15) is 5.56 Å². The summed E-state index contributed by atoms with van der Waals surface area (Å²) < 4.78 is 1.77. The summed E-state index contributed by atoms with van der Waals surface area (Å²) in [6.07, 6.45) is 0. The molecular formula is C38H23N3O. The van der Waals surface area contributed by atoms with E-state index in [4.69, 9.17) is 11.6 Å². The van der Waals surface area contributed by atoms with E-state index in [2.05, 4.69) is 72.4 Å². The second-order valence-corrected chi connectivity index (χ2v) is 10.7. The first kappa shape index (κ1) is 24.0. The van der Waals surface area contributed by atoms with Crippen molar-refractivity contribution in [3.05, 3.63) is 149 Å². The molecule has 0 N–H and O–H groups in total. The van der Waals surface area contributed by atoms with E-state index in [-0.39, 0.29) is 5.56 Å². The highest BCUT2D eigenvalue weighted by molar-refractivity contribution is 6.23. The lowest BCUT2D eigenvalue weighted by atomic mass is 9.91. The van der Waals surface area contributed by atoms with Crippen LogP contribution >= 0.6 is 0 Å². The minimum absolute atomic E-state index is 0.131. The van der Waals surface area contributed by atoms with Crippen molar-refractivity contribution < 1.29 is 0 Å². The number of pyridine rings is 1. The summed E-state index contributed by atoms with van der Waals surface area (Å²) in [4.78, 5) is 23.5. The molecule has 0 aliphatic heterocycles. The highest BCUT2D eigenvalue weighted by Crippen LogP contribution is 2.43. The summed E-state index contributed by atoms with van der Waals surface area (Å²) in [5.74, 6) is 0. The van der Waals surface area contributed by atoms with Gasteiger partial charge in [-0.3, -0.25) is 9.20 Å². The molecule has 0 radical (unpaired) electrons. The molecule has 0 atom stereocenters. The van der Waals surface area contributed by atoms with Crippen molar-refractivity contribution in [3.8, 4) is 33.4 Å². The molecule has 2 aromatic heterocycles. The van der Waals surface area contributed by atoms with Crippen molar-refractivity contribution >= 4 is 43.9 Å². The highest BCUT2D eigenvalue weighted by Gasteiger charge is 2.22. The molecule has 4 nitrogen and oxygen atoms in total. The first-order valence-electron chi connectivity index (χ1n) is 13.9. The largest absolute Gasteiger partial charge is 0.268 e. The molecule has 42 heavy (non-hydrogen) atoms. The van der Waals surface area contributed by atoms with Crippen LogP contribution in [0.3, 0.4) is 0 Å². The van der Waals surface area contributed by atoms with Crippen LogP contribution in [0.5, 0.6) is 0 Å². The number of nitrogens with zero attached hydrogens (tertiary/aromatic N) is 3. The Balaban J connectivity index is 1.56. The monoisotopic (exact) mass is 537 g/mol. The molecule has 0 saturated heterocycles. The van der Waals surface area contributed by atoms with E-state index >= 15 is 0 Å². The normalized spacial score (nSPS) is 11.5. The first-order valence-corrected chi connectivity index (χ1v) is 13.9. The summed E-state index contributed by atoms with van der Waals surface area (Å²) >= 11 is 0. The first-order chi connectivity index (χ1) is 20.6. The van der Waals surface area contributed by atoms with Gasteiger partial charge in [-0.1, -0.05) is 109 Å². The lowest BCUT2D eigenvalue weighted by molar-refractivity contribution is 1.19. The van der Waals surface area contributed by atoms with E-state index in [9.17, 15) is 4.79 Å². The lowest BCUT2D eigenvalue weighted by Gasteiger charge is -2.15. The molecule has 6 aromatic carbocycles. The third-order valence-electron chi connectivity index (χ3n) is 8.31. The molecular weight excluding hydrogens is 514 g/mol. The summed E-state index contributed by atoms with van der Waals surface area (Å²) in [7, 11) is 0. The summed E-state index contributed by atoms with van der Waals surface area (Å²) in [6, 6.07) is 40.5. The standard InChI is InChI=1S/C38H23N3O/c1-23-11-9-10-16-27(23)28-17-18-29-34-30(19-20-32(39-2)35(28)34)38(42)41-36-31(25-14-7-4-8-15-25)21-26(22-33(36)40-37(29)41)24-12-5-3-6-13-24/h3-22H,1H3. The Morgan fingerprint density at radius 2 is 1.33 bits per heavy atom. The molecule has 0 aliphatic rings. The van der Waals surface area contributed by atoms with Crippen LogP contribution in [0, 0.1) is 13.5 Å². The third kappa shape index (κ3) is 3.41. The predicted molar refractivity (Wildman–Crippen MR) is 172 cm³/mol. The van der Waals surface area contributed by atoms with Gasteiger partial charge < -0.3 is 0 Å². The fraction of sp³-hybridized carbons (Fsp3) is 0.0263. The fourth-order valence-corrected chi connectivity index (χ4v) is 6.38. The SMILES string of the molecule is [C-]#[N+]c1ccc2c(=O)n3c(nc4cc(-c5ccccc5)cc(-c5ccccc5)c43)c3ccc(-c4ccccc4C)c1c23. The topological polar surface area (TPSA) is 38.7 Å². The Kier molecular flexibility index (Phi) is 5.22. The lowest BCUT2D eigenvalue weighted by Crippen LogP contribution is -2.13. The smallest absolute Gasteiger partial charge is 0.264 e. The predicted octanol–water partition coefficient (Wildman–Crippen LogP) is 9.45. The van der Waals surface area contributed by atoms with Crippen LogP contribution in [-0.4, -0.2) is 9.38 Å². The summed E-state index contributed by atoms with van der Waals surface area (Å²) in [5, 5.41) is 3.04. The number of benzene rings is 6. The van der Waals surface area contributed by atoms with Crippen molar-refractivity contribution in [2.75, 3.05) is 0 Å². The zero-order valence-corrected chi connectivity index (χ0v) is 22.8. The number of hydrogen-bond acceptors (Lipinski definition) is 2. The summed E-state index contributed by atoms with van der Waals surface area (Å²) in [6.45, 7) is 10.1. The van der Waals surface area contributed by atoms with Gasteiger partial charge in [-0.15, -0.1) is 0 Å².